The summed E-state index contributed by atoms with van der Waals surface area (Å²) in [7, 11) is 1.37. The van der Waals surface area contributed by atoms with E-state index >= 15 is 0 Å². The van der Waals surface area contributed by atoms with Crippen LogP contribution < -0.4 is 15.4 Å². The normalized spacial score (nSPS) is 19.7. The van der Waals surface area contributed by atoms with Crippen molar-refractivity contribution in [2.45, 2.75) is 24.8 Å². The molecule has 31 heavy (non-hydrogen) atoms. The Balaban J connectivity index is 1.55. The van der Waals surface area contributed by atoms with E-state index in [-0.39, 0.29) is 17.1 Å². The first-order valence-electron chi connectivity index (χ1n) is 9.70. The number of amides is 4. The van der Waals surface area contributed by atoms with Gasteiger partial charge in [0.15, 0.2) is 0 Å². The largest absolute Gasteiger partial charge is 0.496 e. The van der Waals surface area contributed by atoms with Gasteiger partial charge in [0.2, 0.25) is 5.91 Å². The molecule has 1 unspecified atom stereocenters. The number of hydrogen-bond acceptors (Lipinski definition) is 6. The zero-order valence-corrected chi connectivity index (χ0v) is 16.7. The van der Waals surface area contributed by atoms with Gasteiger partial charge in [0.25, 0.3) is 11.6 Å². The van der Waals surface area contributed by atoms with Gasteiger partial charge in [-0.25, -0.2) is 4.79 Å². The van der Waals surface area contributed by atoms with Gasteiger partial charge in [-0.05, 0) is 42.5 Å². The van der Waals surface area contributed by atoms with Crippen LogP contribution in [0.15, 0.2) is 42.5 Å². The van der Waals surface area contributed by atoms with Gasteiger partial charge in [0, 0.05) is 0 Å². The molecular weight excluding hydrogens is 404 g/mol. The molecule has 10 heteroatoms. The van der Waals surface area contributed by atoms with Gasteiger partial charge >= 0.3 is 6.03 Å². The minimum absolute atomic E-state index is 0.0550. The lowest BCUT2D eigenvalue weighted by Crippen LogP contribution is -2.47. The molecule has 0 bridgehead atoms. The maximum absolute atomic E-state index is 13.2. The van der Waals surface area contributed by atoms with Crippen molar-refractivity contribution < 1.29 is 24.0 Å². The Morgan fingerprint density at radius 3 is 2.81 bits per heavy atom. The maximum Gasteiger partial charge on any atom is 0.325 e. The number of carbonyl (C=O) groups excluding carboxylic acids is 3. The summed E-state index contributed by atoms with van der Waals surface area (Å²) in [6, 6.07) is 10.7. The SMILES string of the molecule is COc1ccc(NC(=O)CN2C(=O)NC3(CCCc4ccccc43)C2=O)c([N+](=O)[O-])c1. The lowest BCUT2D eigenvalue weighted by molar-refractivity contribution is -0.384. The number of rotatable bonds is 5. The van der Waals surface area contributed by atoms with Crippen molar-refractivity contribution in [3.05, 3.63) is 63.7 Å². The third-order valence-electron chi connectivity index (χ3n) is 5.63. The lowest BCUT2D eigenvalue weighted by atomic mass is 9.76. The van der Waals surface area contributed by atoms with Crippen molar-refractivity contribution in [1.82, 2.24) is 10.2 Å². The second-order valence-corrected chi connectivity index (χ2v) is 7.43. The molecule has 1 saturated heterocycles. The van der Waals surface area contributed by atoms with Crippen LogP contribution in [0.1, 0.15) is 24.0 Å². The highest BCUT2D eigenvalue weighted by molar-refractivity contribution is 6.10. The van der Waals surface area contributed by atoms with Gasteiger partial charge in [0.1, 0.15) is 23.5 Å². The van der Waals surface area contributed by atoms with Gasteiger partial charge in [0.05, 0.1) is 18.1 Å². The number of imide groups is 1. The first-order valence-corrected chi connectivity index (χ1v) is 9.70. The van der Waals surface area contributed by atoms with Crippen molar-refractivity contribution in [3.8, 4) is 5.75 Å². The van der Waals surface area contributed by atoms with E-state index in [0.29, 0.717) is 6.42 Å². The van der Waals surface area contributed by atoms with Crippen molar-refractivity contribution in [3.63, 3.8) is 0 Å². The van der Waals surface area contributed by atoms with Crippen LogP contribution in [0.4, 0.5) is 16.2 Å². The molecule has 4 amide bonds. The van der Waals surface area contributed by atoms with E-state index in [1.165, 1.54) is 25.3 Å². The predicted molar refractivity (Wildman–Crippen MR) is 110 cm³/mol. The van der Waals surface area contributed by atoms with E-state index in [1.807, 2.05) is 24.3 Å². The number of nitrogens with zero attached hydrogens (tertiary/aromatic N) is 2. The number of ether oxygens (including phenoxy) is 1. The monoisotopic (exact) mass is 424 g/mol. The predicted octanol–water partition coefficient (Wildman–Crippen LogP) is 2.33. The smallest absolute Gasteiger partial charge is 0.325 e. The number of fused-ring (bicyclic) bond motifs is 2. The summed E-state index contributed by atoms with van der Waals surface area (Å²) in [5.41, 5.74) is 0.136. The third-order valence-corrected chi connectivity index (χ3v) is 5.63. The first kappa shape index (κ1) is 20.3. The zero-order valence-electron chi connectivity index (χ0n) is 16.7. The molecule has 0 radical (unpaired) electrons. The van der Waals surface area contributed by atoms with Crippen LogP contribution >= 0.6 is 0 Å². The van der Waals surface area contributed by atoms with E-state index in [1.54, 1.807) is 0 Å². The Labute approximate surface area is 177 Å². The Morgan fingerprint density at radius 1 is 1.29 bits per heavy atom. The minimum atomic E-state index is -1.18. The number of nitro groups is 1. The highest BCUT2D eigenvalue weighted by atomic mass is 16.6. The zero-order chi connectivity index (χ0) is 22.2. The van der Waals surface area contributed by atoms with Crippen LogP contribution in [0, 0.1) is 10.1 Å². The Hall–Kier alpha value is -3.95. The lowest BCUT2D eigenvalue weighted by Gasteiger charge is -2.33. The van der Waals surface area contributed by atoms with E-state index in [0.717, 1.165) is 28.9 Å². The third kappa shape index (κ3) is 3.45. The summed E-state index contributed by atoms with van der Waals surface area (Å²) >= 11 is 0. The number of urea groups is 1. The molecule has 160 valence electrons. The van der Waals surface area contributed by atoms with E-state index < -0.39 is 34.9 Å². The van der Waals surface area contributed by atoms with Gasteiger partial charge in [-0.3, -0.25) is 24.6 Å². The average Bonchev–Trinajstić information content (AvgIpc) is 2.99. The van der Waals surface area contributed by atoms with Crippen LogP contribution in [-0.2, 0) is 21.5 Å². The molecule has 1 fully saturated rings. The molecule has 0 aromatic heterocycles. The summed E-state index contributed by atoms with van der Waals surface area (Å²) in [6.07, 6.45) is 1.97. The molecule has 1 spiro atoms. The van der Waals surface area contributed by atoms with E-state index in [9.17, 15) is 24.5 Å². The molecular formula is C21H20N4O6. The minimum Gasteiger partial charge on any atom is -0.496 e. The number of benzene rings is 2. The fraction of sp³-hybridized carbons (Fsp3) is 0.286. The highest BCUT2D eigenvalue weighted by Crippen LogP contribution is 2.40. The number of hydrogen-bond donors (Lipinski definition) is 2. The maximum atomic E-state index is 13.2. The molecule has 10 nitrogen and oxygen atoms in total. The molecule has 2 aliphatic rings. The summed E-state index contributed by atoms with van der Waals surface area (Å²) in [6.45, 7) is -0.558. The van der Waals surface area contributed by atoms with Gasteiger partial charge in [-0.2, -0.15) is 0 Å². The molecule has 1 aliphatic carbocycles. The van der Waals surface area contributed by atoms with E-state index in [2.05, 4.69) is 10.6 Å². The van der Waals surface area contributed by atoms with Crippen molar-refractivity contribution in [1.29, 1.82) is 0 Å². The van der Waals surface area contributed by atoms with Crippen molar-refractivity contribution in [2.75, 3.05) is 19.0 Å². The standard InChI is InChI=1S/C21H20N4O6/c1-31-14-8-9-16(17(11-14)25(29)30)22-18(26)12-24-19(27)21(23-20(24)28)10-4-6-13-5-2-3-7-15(13)21/h2-3,5,7-9,11H,4,6,10,12H2,1H3,(H,22,26)(H,23,28). The van der Waals surface area contributed by atoms with Gasteiger partial charge < -0.3 is 15.4 Å². The number of anilines is 1. The molecule has 2 aromatic carbocycles. The fourth-order valence-electron chi connectivity index (χ4n) is 4.18. The molecule has 4 rings (SSSR count). The number of nitrogens with one attached hydrogen (secondary N) is 2. The fourth-order valence-corrected chi connectivity index (χ4v) is 4.18. The summed E-state index contributed by atoms with van der Waals surface area (Å²) in [4.78, 5) is 49.9. The number of methoxy groups -OCH3 is 1. The molecule has 0 saturated carbocycles. The number of carbonyl (C=O) groups is 3. The second kappa shape index (κ2) is 7.71. The number of nitro benzene ring substituents is 1. The molecule has 1 atom stereocenters. The highest BCUT2D eigenvalue weighted by Gasteiger charge is 2.54. The van der Waals surface area contributed by atoms with Gasteiger partial charge in [-0.1, -0.05) is 24.3 Å². The molecule has 1 aliphatic heterocycles. The quantitative estimate of drug-likeness (QED) is 0.430. The summed E-state index contributed by atoms with van der Waals surface area (Å²) in [5, 5.41) is 16.5. The van der Waals surface area contributed by atoms with Crippen LogP contribution in [0.2, 0.25) is 0 Å². The number of aryl methyl sites for hydroxylation is 1. The van der Waals surface area contributed by atoms with Crippen LogP contribution in [0.5, 0.6) is 5.75 Å². The average molecular weight is 424 g/mol. The molecule has 2 N–H and O–H groups in total. The Bertz CT molecular complexity index is 1100. The molecule has 1 heterocycles. The first-order chi connectivity index (χ1) is 14.9. The second-order valence-electron chi connectivity index (χ2n) is 7.43. The van der Waals surface area contributed by atoms with Crippen LogP contribution in [0.25, 0.3) is 0 Å². The van der Waals surface area contributed by atoms with E-state index in [4.69, 9.17) is 4.74 Å². The van der Waals surface area contributed by atoms with Crippen LogP contribution in [0.3, 0.4) is 0 Å². The summed E-state index contributed by atoms with van der Waals surface area (Å²) < 4.78 is 4.97. The van der Waals surface area contributed by atoms with Crippen LogP contribution in [-0.4, -0.2) is 41.3 Å². The van der Waals surface area contributed by atoms with Gasteiger partial charge in [-0.15, -0.1) is 0 Å². The summed E-state index contributed by atoms with van der Waals surface area (Å²) in [5.74, 6) is -0.960. The molecule has 2 aromatic rings. The van der Waals surface area contributed by atoms with Crippen molar-refractivity contribution in [2.24, 2.45) is 0 Å². The topological polar surface area (TPSA) is 131 Å². The van der Waals surface area contributed by atoms with Crippen molar-refractivity contribution >= 4 is 29.2 Å². The Morgan fingerprint density at radius 2 is 2.06 bits per heavy atom. The Kier molecular flexibility index (Phi) is 5.05.